The number of aromatic nitrogens is 2. The van der Waals surface area contributed by atoms with Crippen LogP contribution in [0.3, 0.4) is 0 Å². The molecule has 0 saturated carbocycles. The lowest BCUT2D eigenvalue weighted by atomic mass is 9.81. The summed E-state index contributed by atoms with van der Waals surface area (Å²) in [4.78, 5) is 8.37. The Bertz CT molecular complexity index is 402. The number of nitrogens with zero attached hydrogens (tertiary/aromatic N) is 2. The highest BCUT2D eigenvalue weighted by Gasteiger charge is 2.26. The van der Waals surface area contributed by atoms with E-state index in [-0.39, 0.29) is 0 Å². The molecule has 1 fully saturated rings. The van der Waals surface area contributed by atoms with Crippen molar-refractivity contribution in [2.75, 3.05) is 32.1 Å². The van der Waals surface area contributed by atoms with Crippen molar-refractivity contribution in [3.8, 4) is 5.88 Å². The Morgan fingerprint density at radius 3 is 2.78 bits per heavy atom. The number of ether oxygens (including phenoxy) is 1. The van der Waals surface area contributed by atoms with E-state index in [1.807, 2.05) is 6.92 Å². The molecule has 18 heavy (non-hydrogen) atoms. The van der Waals surface area contributed by atoms with Crippen molar-refractivity contribution in [3.63, 3.8) is 0 Å². The molecular formula is C13H22N4O. The minimum absolute atomic E-state index is 0.343. The van der Waals surface area contributed by atoms with E-state index in [0.717, 1.165) is 31.0 Å². The van der Waals surface area contributed by atoms with Crippen LogP contribution < -0.4 is 15.4 Å². The van der Waals surface area contributed by atoms with E-state index >= 15 is 0 Å². The first-order valence-corrected chi connectivity index (χ1v) is 6.45. The zero-order chi connectivity index (χ0) is 13.0. The average molecular weight is 250 g/mol. The molecule has 5 nitrogen and oxygen atoms in total. The van der Waals surface area contributed by atoms with Gasteiger partial charge in [-0.05, 0) is 38.3 Å². The third kappa shape index (κ3) is 2.90. The predicted octanol–water partition coefficient (Wildman–Crippen LogP) is 1.60. The Hall–Kier alpha value is -1.36. The fourth-order valence-corrected chi connectivity index (χ4v) is 2.32. The monoisotopic (exact) mass is 250 g/mol. The molecule has 0 aromatic carbocycles. The summed E-state index contributed by atoms with van der Waals surface area (Å²) in [6, 6.07) is 0. The molecule has 0 radical (unpaired) electrons. The molecule has 5 heteroatoms. The first kappa shape index (κ1) is 13.1. The van der Waals surface area contributed by atoms with E-state index in [4.69, 9.17) is 4.74 Å². The summed E-state index contributed by atoms with van der Waals surface area (Å²) in [7, 11) is 1.63. The predicted molar refractivity (Wildman–Crippen MR) is 72.0 cm³/mol. The molecule has 0 atom stereocenters. The van der Waals surface area contributed by atoms with Gasteiger partial charge in [0.2, 0.25) is 5.88 Å². The molecule has 0 unspecified atom stereocenters. The molecule has 0 amide bonds. The summed E-state index contributed by atoms with van der Waals surface area (Å²) in [6.07, 6.45) is 3.93. The Kier molecular flexibility index (Phi) is 4.01. The quantitative estimate of drug-likeness (QED) is 0.850. The summed E-state index contributed by atoms with van der Waals surface area (Å²) < 4.78 is 5.20. The van der Waals surface area contributed by atoms with Gasteiger partial charge in [0.15, 0.2) is 0 Å². The highest BCUT2D eigenvalue weighted by molar-refractivity contribution is 5.47. The Morgan fingerprint density at radius 1 is 1.39 bits per heavy atom. The normalized spacial score (nSPS) is 18.4. The van der Waals surface area contributed by atoms with Crippen LogP contribution in [0.15, 0.2) is 6.33 Å². The number of methoxy groups -OCH3 is 1. The van der Waals surface area contributed by atoms with Crippen molar-refractivity contribution >= 4 is 5.82 Å². The van der Waals surface area contributed by atoms with Gasteiger partial charge in [-0.1, -0.05) is 6.92 Å². The van der Waals surface area contributed by atoms with Gasteiger partial charge in [-0.3, -0.25) is 0 Å². The largest absolute Gasteiger partial charge is 0.481 e. The van der Waals surface area contributed by atoms with Crippen LogP contribution in [0.4, 0.5) is 5.82 Å². The number of hydrogen-bond donors (Lipinski definition) is 2. The highest BCUT2D eigenvalue weighted by atomic mass is 16.5. The van der Waals surface area contributed by atoms with Gasteiger partial charge >= 0.3 is 0 Å². The van der Waals surface area contributed by atoms with E-state index in [9.17, 15) is 0 Å². The van der Waals surface area contributed by atoms with Crippen LogP contribution in [0.1, 0.15) is 25.3 Å². The maximum Gasteiger partial charge on any atom is 0.221 e. The van der Waals surface area contributed by atoms with Gasteiger partial charge in [0.05, 0.1) is 12.7 Å². The van der Waals surface area contributed by atoms with Crippen LogP contribution in [0.25, 0.3) is 0 Å². The lowest BCUT2D eigenvalue weighted by molar-refractivity contribution is 0.247. The Morgan fingerprint density at radius 2 is 2.11 bits per heavy atom. The molecule has 0 spiro atoms. The Labute approximate surface area is 108 Å². The van der Waals surface area contributed by atoms with Crippen molar-refractivity contribution in [2.45, 2.75) is 26.7 Å². The summed E-state index contributed by atoms with van der Waals surface area (Å²) >= 11 is 0. The van der Waals surface area contributed by atoms with Crippen LogP contribution >= 0.6 is 0 Å². The minimum atomic E-state index is 0.343. The summed E-state index contributed by atoms with van der Waals surface area (Å²) in [5, 5.41) is 6.83. The van der Waals surface area contributed by atoms with Crippen LogP contribution in [-0.2, 0) is 0 Å². The van der Waals surface area contributed by atoms with Crippen LogP contribution in [0, 0.1) is 12.3 Å². The zero-order valence-electron chi connectivity index (χ0n) is 11.4. The molecule has 100 valence electrons. The zero-order valence-corrected chi connectivity index (χ0v) is 11.4. The van der Waals surface area contributed by atoms with Gasteiger partial charge in [-0.2, -0.15) is 0 Å². The van der Waals surface area contributed by atoms with Crippen LogP contribution in [0.5, 0.6) is 5.88 Å². The molecule has 0 bridgehead atoms. The van der Waals surface area contributed by atoms with Crippen LogP contribution in [-0.4, -0.2) is 36.7 Å². The van der Waals surface area contributed by atoms with Crippen molar-refractivity contribution in [1.82, 2.24) is 15.3 Å². The number of anilines is 1. The third-order valence-electron chi connectivity index (χ3n) is 3.72. The SMILES string of the molecule is COc1ncnc(NCC2(C)CCNCC2)c1C. The van der Waals surface area contributed by atoms with Crippen molar-refractivity contribution in [1.29, 1.82) is 0 Å². The van der Waals surface area contributed by atoms with E-state index in [1.165, 1.54) is 12.8 Å². The van der Waals surface area contributed by atoms with Crippen molar-refractivity contribution in [2.24, 2.45) is 5.41 Å². The molecule has 1 aliphatic rings. The number of rotatable bonds is 4. The lowest BCUT2D eigenvalue weighted by Gasteiger charge is -2.34. The van der Waals surface area contributed by atoms with Crippen molar-refractivity contribution < 1.29 is 4.74 Å². The summed E-state index contributed by atoms with van der Waals surface area (Å²) in [5.41, 5.74) is 1.31. The summed E-state index contributed by atoms with van der Waals surface area (Å²) in [6.45, 7) is 7.45. The van der Waals surface area contributed by atoms with Gasteiger partial charge in [0, 0.05) is 6.54 Å². The van der Waals surface area contributed by atoms with E-state index < -0.39 is 0 Å². The third-order valence-corrected chi connectivity index (χ3v) is 3.72. The fourth-order valence-electron chi connectivity index (χ4n) is 2.32. The van der Waals surface area contributed by atoms with Gasteiger partial charge in [0.25, 0.3) is 0 Å². The first-order valence-electron chi connectivity index (χ1n) is 6.45. The molecule has 1 saturated heterocycles. The fraction of sp³-hybridized carbons (Fsp3) is 0.692. The first-order chi connectivity index (χ1) is 8.64. The maximum atomic E-state index is 5.20. The lowest BCUT2D eigenvalue weighted by Crippen LogP contribution is -2.39. The molecule has 2 heterocycles. The molecule has 1 aromatic heterocycles. The number of nitrogens with one attached hydrogen (secondary N) is 2. The minimum Gasteiger partial charge on any atom is -0.481 e. The van der Waals surface area contributed by atoms with Gasteiger partial charge in [0.1, 0.15) is 12.1 Å². The number of hydrogen-bond acceptors (Lipinski definition) is 5. The molecule has 1 aromatic rings. The smallest absolute Gasteiger partial charge is 0.221 e. The summed E-state index contributed by atoms with van der Waals surface area (Å²) in [5.74, 6) is 1.52. The van der Waals surface area contributed by atoms with Crippen molar-refractivity contribution in [3.05, 3.63) is 11.9 Å². The molecule has 1 aliphatic heterocycles. The second-order valence-electron chi connectivity index (χ2n) is 5.27. The second kappa shape index (κ2) is 5.52. The van der Waals surface area contributed by atoms with E-state index in [0.29, 0.717) is 11.3 Å². The van der Waals surface area contributed by atoms with Gasteiger partial charge in [-0.15, -0.1) is 0 Å². The van der Waals surface area contributed by atoms with E-state index in [2.05, 4.69) is 27.5 Å². The maximum absolute atomic E-state index is 5.20. The van der Waals surface area contributed by atoms with E-state index in [1.54, 1.807) is 13.4 Å². The molecule has 0 aliphatic carbocycles. The topological polar surface area (TPSA) is 59.1 Å². The van der Waals surface area contributed by atoms with Gasteiger partial charge in [-0.25, -0.2) is 9.97 Å². The van der Waals surface area contributed by atoms with Gasteiger partial charge < -0.3 is 15.4 Å². The Balaban J connectivity index is 2.01. The van der Waals surface area contributed by atoms with Crippen LogP contribution in [0.2, 0.25) is 0 Å². The number of piperidine rings is 1. The molecule has 2 rings (SSSR count). The average Bonchev–Trinajstić information content (AvgIpc) is 2.38. The molecular weight excluding hydrogens is 228 g/mol. The molecule has 2 N–H and O–H groups in total. The second-order valence-corrected chi connectivity index (χ2v) is 5.27. The highest BCUT2D eigenvalue weighted by Crippen LogP contribution is 2.29. The standard InChI is InChI=1S/C13H22N4O/c1-10-11(16-9-17-12(10)18-3)15-8-13(2)4-6-14-7-5-13/h9,14H,4-8H2,1-3H3,(H,15,16,17).